The number of piperazine rings is 1. The van der Waals surface area contributed by atoms with Gasteiger partial charge in [0.05, 0.1) is 0 Å². The summed E-state index contributed by atoms with van der Waals surface area (Å²) in [5.74, 6) is -0.538. The fourth-order valence-electron chi connectivity index (χ4n) is 2.87. The van der Waals surface area contributed by atoms with Gasteiger partial charge in [0.25, 0.3) is 0 Å². The van der Waals surface area contributed by atoms with E-state index in [2.05, 4.69) is 10.1 Å². The quantitative estimate of drug-likeness (QED) is 0.646. The molecule has 1 heterocycles. The van der Waals surface area contributed by atoms with Gasteiger partial charge in [0, 0.05) is 44.2 Å². The number of ether oxygens (including phenoxy) is 1. The van der Waals surface area contributed by atoms with Crippen molar-refractivity contribution in [1.82, 2.24) is 10.2 Å². The van der Waals surface area contributed by atoms with Crippen LogP contribution in [-0.2, 0) is 0 Å². The topological polar surface area (TPSA) is 24.5 Å². The van der Waals surface area contributed by atoms with Crippen LogP contribution in [-0.4, -0.2) is 49.8 Å². The van der Waals surface area contributed by atoms with Gasteiger partial charge in [-0.05, 0) is 12.5 Å². The molecule has 0 amide bonds. The van der Waals surface area contributed by atoms with E-state index in [9.17, 15) is 30.7 Å². The van der Waals surface area contributed by atoms with E-state index in [0.29, 0.717) is 26.2 Å². The fraction of sp³-hybridized carbons (Fsp3) is 0.625. The molecular formula is C16H20ClF7N2O. The maximum absolute atomic E-state index is 13.3. The van der Waals surface area contributed by atoms with Gasteiger partial charge < -0.3 is 10.1 Å². The Morgan fingerprint density at radius 1 is 1.04 bits per heavy atom. The Hall–Kier alpha value is -1.26. The summed E-state index contributed by atoms with van der Waals surface area (Å²) in [5, 5.41) is 3.05. The van der Waals surface area contributed by atoms with Gasteiger partial charge in [-0.25, -0.2) is 0 Å². The zero-order chi connectivity index (χ0) is 19.4. The number of nitrogens with zero attached hydrogens (tertiary/aromatic N) is 1. The SMILES string of the molecule is Cl.FC(F)C(F)(F)Oc1ccccc1[C@H](CCC(F)(F)F)N1CCNCC1. The molecule has 11 heteroatoms. The minimum absolute atomic E-state index is 0. The maximum Gasteiger partial charge on any atom is 0.461 e. The molecule has 0 saturated carbocycles. The number of nitrogens with one attached hydrogen (secondary N) is 1. The summed E-state index contributed by atoms with van der Waals surface area (Å²) in [6, 6.07) is 4.28. The molecule has 0 aliphatic carbocycles. The lowest BCUT2D eigenvalue weighted by molar-refractivity contribution is -0.253. The molecule has 1 aliphatic rings. The minimum atomic E-state index is -4.73. The molecule has 3 nitrogen and oxygen atoms in total. The van der Waals surface area contributed by atoms with E-state index < -0.39 is 36.9 Å². The highest BCUT2D eigenvalue weighted by atomic mass is 35.5. The number of rotatable bonds is 7. The van der Waals surface area contributed by atoms with Gasteiger partial charge in [-0.2, -0.15) is 30.7 Å². The summed E-state index contributed by atoms with van der Waals surface area (Å²) >= 11 is 0. The van der Waals surface area contributed by atoms with Crippen molar-refractivity contribution in [3.05, 3.63) is 29.8 Å². The fourth-order valence-corrected chi connectivity index (χ4v) is 2.87. The molecule has 0 aromatic heterocycles. The first-order valence-corrected chi connectivity index (χ1v) is 8.05. The van der Waals surface area contributed by atoms with Gasteiger partial charge >= 0.3 is 18.7 Å². The number of alkyl halides is 7. The molecule has 1 aliphatic heterocycles. The third kappa shape index (κ3) is 7.00. The van der Waals surface area contributed by atoms with Crippen molar-refractivity contribution in [1.29, 1.82) is 0 Å². The molecular weight excluding hydrogens is 405 g/mol. The van der Waals surface area contributed by atoms with Crippen molar-refractivity contribution in [2.75, 3.05) is 26.2 Å². The smallest absolute Gasteiger partial charge is 0.428 e. The van der Waals surface area contributed by atoms with Gasteiger partial charge in [0.1, 0.15) is 5.75 Å². The Bertz CT molecular complexity index is 580. The first-order valence-electron chi connectivity index (χ1n) is 8.05. The van der Waals surface area contributed by atoms with E-state index in [4.69, 9.17) is 0 Å². The van der Waals surface area contributed by atoms with E-state index >= 15 is 0 Å². The first kappa shape index (κ1) is 23.8. The lowest BCUT2D eigenvalue weighted by atomic mass is 9.98. The monoisotopic (exact) mass is 424 g/mol. The van der Waals surface area contributed by atoms with E-state index in [0.717, 1.165) is 6.07 Å². The maximum atomic E-state index is 13.3. The standard InChI is InChI=1S/C16H19F7N2O.ClH/c17-14(18)16(22,23)26-13-4-2-1-3-11(13)12(5-6-15(19,20)21)25-9-7-24-8-10-25;/h1-4,12,14,24H,5-10H2;1H/t12-;/m0./s1. The number of para-hydroxylation sites is 1. The van der Waals surface area contributed by atoms with Crippen molar-refractivity contribution in [2.24, 2.45) is 0 Å². The molecule has 1 N–H and O–H groups in total. The normalized spacial score (nSPS) is 17.5. The Balaban J connectivity index is 0.00000364. The second-order valence-corrected chi connectivity index (χ2v) is 5.96. The third-order valence-electron chi connectivity index (χ3n) is 4.07. The Kier molecular flexibility index (Phi) is 8.62. The summed E-state index contributed by atoms with van der Waals surface area (Å²) in [7, 11) is 0. The Morgan fingerprint density at radius 3 is 2.19 bits per heavy atom. The number of benzene rings is 1. The van der Waals surface area contributed by atoms with Crippen LogP contribution in [0.15, 0.2) is 24.3 Å². The molecule has 156 valence electrons. The van der Waals surface area contributed by atoms with Crippen molar-refractivity contribution in [2.45, 2.75) is 37.6 Å². The van der Waals surface area contributed by atoms with E-state index in [-0.39, 0.29) is 24.4 Å². The average molecular weight is 425 g/mol. The summed E-state index contributed by atoms with van der Waals surface area (Å²) < 4.78 is 93.8. The van der Waals surface area contributed by atoms with Crippen molar-refractivity contribution < 1.29 is 35.5 Å². The number of halogens is 8. The second-order valence-electron chi connectivity index (χ2n) is 5.96. The highest BCUT2D eigenvalue weighted by Crippen LogP contribution is 2.38. The van der Waals surface area contributed by atoms with E-state index in [1.54, 1.807) is 4.90 Å². The predicted molar refractivity (Wildman–Crippen MR) is 87.7 cm³/mol. The van der Waals surface area contributed by atoms with Crippen LogP contribution in [0.3, 0.4) is 0 Å². The zero-order valence-electron chi connectivity index (χ0n) is 14.1. The highest BCUT2D eigenvalue weighted by Gasteiger charge is 2.45. The molecule has 2 rings (SSSR count). The molecule has 1 aromatic carbocycles. The predicted octanol–water partition coefficient (Wildman–Crippen LogP) is 4.63. The Morgan fingerprint density at radius 2 is 1.63 bits per heavy atom. The van der Waals surface area contributed by atoms with Crippen LogP contribution in [0.1, 0.15) is 24.4 Å². The van der Waals surface area contributed by atoms with Crippen LogP contribution < -0.4 is 10.1 Å². The molecule has 0 bridgehead atoms. The van der Waals surface area contributed by atoms with E-state index in [1.807, 2.05) is 0 Å². The summed E-state index contributed by atoms with van der Waals surface area (Å²) in [4.78, 5) is 1.71. The molecule has 27 heavy (non-hydrogen) atoms. The first-order chi connectivity index (χ1) is 12.1. The molecule has 0 spiro atoms. The summed E-state index contributed by atoms with van der Waals surface area (Å²) in [6.45, 7) is 1.86. The number of hydrogen-bond acceptors (Lipinski definition) is 3. The van der Waals surface area contributed by atoms with Gasteiger partial charge in [0.2, 0.25) is 0 Å². The van der Waals surface area contributed by atoms with Gasteiger partial charge in [-0.1, -0.05) is 18.2 Å². The molecule has 1 fully saturated rings. The van der Waals surface area contributed by atoms with Gasteiger partial charge in [-0.3, -0.25) is 4.90 Å². The van der Waals surface area contributed by atoms with Crippen molar-refractivity contribution >= 4 is 12.4 Å². The van der Waals surface area contributed by atoms with Gasteiger partial charge in [-0.15, -0.1) is 12.4 Å². The van der Waals surface area contributed by atoms with Gasteiger partial charge in [0.15, 0.2) is 0 Å². The number of hydrogen-bond donors (Lipinski definition) is 1. The molecule has 1 aromatic rings. The summed E-state index contributed by atoms with van der Waals surface area (Å²) in [6.07, 6.45) is -14.7. The van der Waals surface area contributed by atoms with E-state index in [1.165, 1.54) is 18.2 Å². The molecule has 1 saturated heterocycles. The van der Waals surface area contributed by atoms with Crippen molar-refractivity contribution in [3.8, 4) is 5.75 Å². The molecule has 0 radical (unpaired) electrons. The second kappa shape index (κ2) is 9.79. The largest absolute Gasteiger partial charge is 0.461 e. The highest BCUT2D eigenvalue weighted by molar-refractivity contribution is 5.85. The van der Waals surface area contributed by atoms with Crippen molar-refractivity contribution in [3.63, 3.8) is 0 Å². The van der Waals surface area contributed by atoms with Crippen LogP contribution in [0.5, 0.6) is 5.75 Å². The summed E-state index contributed by atoms with van der Waals surface area (Å²) in [5.41, 5.74) is 0.0407. The Labute approximate surface area is 158 Å². The van der Waals surface area contributed by atoms with Crippen LogP contribution >= 0.6 is 12.4 Å². The zero-order valence-corrected chi connectivity index (χ0v) is 14.9. The third-order valence-corrected chi connectivity index (χ3v) is 4.07. The molecule has 1 atom stereocenters. The van der Waals surface area contributed by atoms with Crippen LogP contribution in [0, 0.1) is 0 Å². The lowest BCUT2D eigenvalue weighted by Gasteiger charge is -2.36. The average Bonchev–Trinajstić information content (AvgIpc) is 2.56. The molecule has 0 unspecified atom stereocenters. The minimum Gasteiger partial charge on any atom is -0.428 e. The lowest BCUT2D eigenvalue weighted by Crippen LogP contribution is -2.45. The van der Waals surface area contributed by atoms with Crippen LogP contribution in [0.2, 0.25) is 0 Å². The van der Waals surface area contributed by atoms with Crippen LogP contribution in [0.4, 0.5) is 30.7 Å². The van der Waals surface area contributed by atoms with Crippen LogP contribution in [0.25, 0.3) is 0 Å².